The van der Waals surface area contributed by atoms with Crippen LogP contribution >= 0.6 is 35.1 Å². The molecular formula is C32H33Cl2N3O4S. The van der Waals surface area contributed by atoms with Crippen LogP contribution in [0, 0.1) is 0 Å². The van der Waals surface area contributed by atoms with Gasteiger partial charge in [0.15, 0.2) is 0 Å². The molecule has 220 valence electrons. The molecule has 2 aliphatic rings. The Morgan fingerprint density at radius 2 is 1.79 bits per heavy atom. The number of hydrogen-bond acceptors (Lipinski definition) is 5. The average Bonchev–Trinajstić information content (AvgIpc) is 2.98. The van der Waals surface area contributed by atoms with Gasteiger partial charge < -0.3 is 15.3 Å². The number of aliphatic hydroxyl groups is 1. The van der Waals surface area contributed by atoms with Gasteiger partial charge in [0.05, 0.1) is 24.1 Å². The number of halogens is 2. The van der Waals surface area contributed by atoms with Gasteiger partial charge in [0.1, 0.15) is 0 Å². The molecule has 1 heterocycles. The molecule has 3 N–H and O–H groups in total. The summed E-state index contributed by atoms with van der Waals surface area (Å²) in [6.45, 7) is 0.326. The number of hydrogen-bond donors (Lipinski definition) is 3. The fraction of sp³-hybridized carbons (Fsp3) is 0.344. The fourth-order valence-corrected chi connectivity index (χ4v) is 6.97. The summed E-state index contributed by atoms with van der Waals surface area (Å²) in [5.41, 5.74) is 3.13. The number of nitrogens with zero attached hydrogens (tertiary/aromatic N) is 1. The summed E-state index contributed by atoms with van der Waals surface area (Å²) in [7, 11) is 0. The molecule has 3 aromatic rings. The molecule has 10 heteroatoms. The quantitative estimate of drug-likeness (QED) is 0.269. The summed E-state index contributed by atoms with van der Waals surface area (Å²) in [6, 6.07) is 18.4. The highest BCUT2D eigenvalue weighted by molar-refractivity contribution is 7.97. The lowest BCUT2D eigenvalue weighted by atomic mass is 9.76. The lowest BCUT2D eigenvalue weighted by molar-refractivity contribution is -0.125. The molecule has 0 aromatic heterocycles. The van der Waals surface area contributed by atoms with Crippen molar-refractivity contribution in [1.82, 2.24) is 14.9 Å². The van der Waals surface area contributed by atoms with Crippen LogP contribution in [0.25, 0.3) is 0 Å². The number of rotatable bonds is 8. The van der Waals surface area contributed by atoms with Gasteiger partial charge in [0, 0.05) is 34.0 Å². The monoisotopic (exact) mass is 625 g/mol. The van der Waals surface area contributed by atoms with Crippen LogP contribution in [0.1, 0.15) is 75.0 Å². The van der Waals surface area contributed by atoms with Gasteiger partial charge in [-0.15, -0.1) is 0 Å². The minimum absolute atomic E-state index is 0.176. The first-order chi connectivity index (χ1) is 20.3. The summed E-state index contributed by atoms with van der Waals surface area (Å²) in [5, 5.41) is 15.0. The van der Waals surface area contributed by atoms with Gasteiger partial charge >= 0.3 is 0 Å². The minimum Gasteiger partial charge on any atom is -0.391 e. The first-order valence-corrected chi connectivity index (χ1v) is 16.0. The molecule has 42 heavy (non-hydrogen) atoms. The third-order valence-corrected chi connectivity index (χ3v) is 9.04. The van der Waals surface area contributed by atoms with Crippen molar-refractivity contribution < 1.29 is 19.5 Å². The van der Waals surface area contributed by atoms with E-state index in [1.54, 1.807) is 47.6 Å². The van der Waals surface area contributed by atoms with E-state index in [9.17, 15) is 19.5 Å². The Bertz CT molecular complexity index is 1490. The van der Waals surface area contributed by atoms with Crippen LogP contribution < -0.4 is 10.0 Å². The van der Waals surface area contributed by atoms with Crippen LogP contribution in [-0.4, -0.2) is 52.7 Å². The molecule has 1 saturated carbocycles. The Balaban J connectivity index is 1.49. The van der Waals surface area contributed by atoms with Crippen LogP contribution in [0.15, 0.2) is 66.7 Å². The highest BCUT2D eigenvalue weighted by atomic mass is 35.5. The second kappa shape index (κ2) is 13.5. The summed E-state index contributed by atoms with van der Waals surface area (Å²) >= 11 is 14.2. The second-order valence-corrected chi connectivity index (χ2v) is 12.1. The molecule has 3 amide bonds. The van der Waals surface area contributed by atoms with Crippen molar-refractivity contribution >= 4 is 52.9 Å². The van der Waals surface area contributed by atoms with Crippen LogP contribution in [0.3, 0.4) is 0 Å². The van der Waals surface area contributed by atoms with E-state index in [0.29, 0.717) is 58.1 Å². The largest absolute Gasteiger partial charge is 0.391 e. The summed E-state index contributed by atoms with van der Waals surface area (Å²) < 4.78 is 2.72. The zero-order chi connectivity index (χ0) is 29.8. The molecule has 1 aliphatic carbocycles. The van der Waals surface area contributed by atoms with Crippen molar-refractivity contribution in [3.8, 4) is 0 Å². The SMILES string of the molecule is CSNC(=O)c1cccc(CCNC(=O)[C@@H]2c3ccccc3C(=O)N([C@H]3CCCC[C@@H]3O)[C@H]2c2ccc(Cl)cc2Cl)c1. The third kappa shape index (κ3) is 6.32. The van der Waals surface area contributed by atoms with Crippen molar-refractivity contribution in [2.75, 3.05) is 12.8 Å². The van der Waals surface area contributed by atoms with E-state index in [1.807, 2.05) is 30.3 Å². The lowest BCUT2D eigenvalue weighted by Crippen LogP contribution is -2.55. The summed E-state index contributed by atoms with van der Waals surface area (Å²) in [4.78, 5) is 42.2. The van der Waals surface area contributed by atoms with Gasteiger partial charge in [-0.05, 0) is 66.3 Å². The predicted molar refractivity (Wildman–Crippen MR) is 167 cm³/mol. The Labute approximate surface area is 260 Å². The summed E-state index contributed by atoms with van der Waals surface area (Å²) in [5.74, 6) is -1.43. The predicted octanol–water partition coefficient (Wildman–Crippen LogP) is 5.94. The number of amides is 3. The highest BCUT2D eigenvalue weighted by Gasteiger charge is 2.48. The zero-order valence-electron chi connectivity index (χ0n) is 23.2. The smallest absolute Gasteiger partial charge is 0.261 e. The molecule has 0 radical (unpaired) electrons. The van der Waals surface area contributed by atoms with Crippen molar-refractivity contribution in [2.24, 2.45) is 0 Å². The topological polar surface area (TPSA) is 98.7 Å². The van der Waals surface area contributed by atoms with E-state index >= 15 is 0 Å². The highest BCUT2D eigenvalue weighted by Crippen LogP contribution is 2.47. The molecule has 0 spiro atoms. The van der Waals surface area contributed by atoms with Gasteiger partial charge in [0.25, 0.3) is 11.8 Å². The van der Waals surface area contributed by atoms with Crippen molar-refractivity contribution in [2.45, 2.75) is 56.2 Å². The average molecular weight is 627 g/mol. The Hall–Kier alpha value is -3.04. The number of benzene rings is 3. The van der Waals surface area contributed by atoms with Gasteiger partial charge in [-0.1, -0.05) is 84.4 Å². The first kappa shape index (κ1) is 30.4. The molecule has 1 fully saturated rings. The molecule has 5 rings (SSSR count). The fourth-order valence-electron chi connectivity index (χ4n) is 6.15. The van der Waals surface area contributed by atoms with Crippen LogP contribution in [0.5, 0.6) is 0 Å². The molecule has 4 atom stereocenters. The van der Waals surface area contributed by atoms with Gasteiger partial charge in [0.2, 0.25) is 5.91 Å². The molecule has 7 nitrogen and oxygen atoms in total. The van der Waals surface area contributed by atoms with Crippen LogP contribution in [0.4, 0.5) is 0 Å². The van der Waals surface area contributed by atoms with E-state index in [4.69, 9.17) is 23.2 Å². The van der Waals surface area contributed by atoms with Crippen LogP contribution in [0.2, 0.25) is 10.0 Å². The molecule has 0 saturated heterocycles. The van der Waals surface area contributed by atoms with Gasteiger partial charge in [-0.3, -0.25) is 19.1 Å². The summed E-state index contributed by atoms with van der Waals surface area (Å²) in [6.07, 6.45) is 4.56. The van der Waals surface area contributed by atoms with E-state index in [-0.39, 0.29) is 17.7 Å². The maximum absolute atomic E-state index is 14.1. The van der Waals surface area contributed by atoms with Crippen molar-refractivity contribution in [3.63, 3.8) is 0 Å². The maximum Gasteiger partial charge on any atom is 0.261 e. The molecule has 0 unspecified atom stereocenters. The second-order valence-electron chi connectivity index (χ2n) is 10.7. The standard InChI is InChI=1S/C32H33Cl2N3O4S/c1-42-36-30(39)20-8-6-7-19(17-20)15-16-35-31(40)28-22-9-2-3-10-23(22)32(41)37(26-11-4-5-12-27(26)38)29(28)24-14-13-21(33)18-25(24)34/h2-3,6-10,13-14,17-18,26-29,38H,4-5,11-12,15-16H2,1H3,(H,35,40)(H,36,39)/t26-,27-,28+,29-/m0/s1. The number of carbonyl (C=O) groups excluding carboxylic acids is 3. The first-order valence-electron chi connectivity index (χ1n) is 14.0. The van der Waals surface area contributed by atoms with E-state index < -0.39 is 24.1 Å². The number of fused-ring (bicyclic) bond motifs is 1. The lowest BCUT2D eigenvalue weighted by Gasteiger charge is -2.48. The Kier molecular flexibility index (Phi) is 9.78. The van der Waals surface area contributed by atoms with E-state index in [0.717, 1.165) is 18.4 Å². The van der Waals surface area contributed by atoms with Crippen LogP contribution in [-0.2, 0) is 11.2 Å². The van der Waals surface area contributed by atoms with E-state index in [1.165, 1.54) is 11.9 Å². The van der Waals surface area contributed by atoms with Gasteiger partial charge in [-0.2, -0.15) is 0 Å². The Morgan fingerprint density at radius 3 is 2.55 bits per heavy atom. The maximum atomic E-state index is 14.1. The zero-order valence-corrected chi connectivity index (χ0v) is 25.5. The molecule has 1 aliphatic heterocycles. The van der Waals surface area contributed by atoms with Gasteiger partial charge in [-0.25, -0.2) is 0 Å². The van der Waals surface area contributed by atoms with E-state index in [2.05, 4.69) is 10.0 Å². The molecule has 3 aromatic carbocycles. The Morgan fingerprint density at radius 1 is 1.00 bits per heavy atom. The third-order valence-electron chi connectivity index (χ3n) is 8.09. The number of carbonyl (C=O) groups is 3. The minimum atomic E-state index is -0.773. The molecular weight excluding hydrogens is 593 g/mol. The normalized spacial score (nSPS) is 21.9. The number of aliphatic hydroxyl groups excluding tert-OH is 1. The molecule has 0 bridgehead atoms. The van der Waals surface area contributed by atoms with Crippen molar-refractivity contribution in [3.05, 3.63) is 105 Å². The number of nitrogens with one attached hydrogen (secondary N) is 2. The van der Waals surface area contributed by atoms with Crippen molar-refractivity contribution in [1.29, 1.82) is 0 Å².